The molecular formula is C12H16N2O. The van der Waals surface area contributed by atoms with Gasteiger partial charge in [0.15, 0.2) is 0 Å². The Hall–Kier alpha value is -1.35. The van der Waals surface area contributed by atoms with Gasteiger partial charge in [-0.1, -0.05) is 24.3 Å². The highest BCUT2D eigenvalue weighted by Crippen LogP contribution is 2.40. The number of primary amides is 1. The lowest BCUT2D eigenvalue weighted by atomic mass is 10.0. The molecule has 0 bridgehead atoms. The lowest BCUT2D eigenvalue weighted by molar-refractivity contribution is -0.118. The zero-order valence-corrected chi connectivity index (χ0v) is 8.65. The van der Waals surface area contributed by atoms with Gasteiger partial charge in [0, 0.05) is 12.5 Å². The van der Waals surface area contributed by atoms with E-state index in [1.165, 1.54) is 18.4 Å². The van der Waals surface area contributed by atoms with Crippen LogP contribution in [0.5, 0.6) is 0 Å². The highest BCUT2D eigenvalue weighted by molar-refractivity contribution is 5.74. The van der Waals surface area contributed by atoms with Crippen molar-refractivity contribution in [3.05, 3.63) is 35.4 Å². The first-order valence-corrected chi connectivity index (χ1v) is 5.30. The maximum Gasteiger partial charge on any atom is 0.219 e. The molecule has 1 aromatic carbocycles. The lowest BCUT2D eigenvalue weighted by Gasteiger charge is -2.10. The minimum absolute atomic E-state index is 0.211. The molecule has 0 unspecified atom stereocenters. The van der Waals surface area contributed by atoms with E-state index in [1.54, 1.807) is 0 Å². The quantitative estimate of drug-likeness (QED) is 0.779. The second kappa shape index (κ2) is 4.03. The van der Waals surface area contributed by atoms with E-state index in [9.17, 15) is 4.79 Å². The van der Waals surface area contributed by atoms with Crippen LogP contribution in [0.2, 0.25) is 0 Å². The number of hydrogen-bond donors (Lipinski definition) is 2. The molecule has 0 spiro atoms. The van der Waals surface area contributed by atoms with Crippen LogP contribution in [0.15, 0.2) is 24.3 Å². The van der Waals surface area contributed by atoms with Crippen LogP contribution in [0.1, 0.15) is 42.3 Å². The Balaban J connectivity index is 2.05. The van der Waals surface area contributed by atoms with Gasteiger partial charge in [0.1, 0.15) is 0 Å². The van der Waals surface area contributed by atoms with Gasteiger partial charge in [0.2, 0.25) is 5.91 Å². The van der Waals surface area contributed by atoms with Gasteiger partial charge in [-0.15, -0.1) is 0 Å². The van der Waals surface area contributed by atoms with Crippen LogP contribution < -0.4 is 11.5 Å². The average Bonchev–Trinajstić information content (AvgIpc) is 3.00. The third kappa shape index (κ3) is 2.57. The summed E-state index contributed by atoms with van der Waals surface area (Å²) in [6, 6.07) is 7.94. The van der Waals surface area contributed by atoms with Gasteiger partial charge in [-0.25, -0.2) is 0 Å². The number of rotatable bonds is 4. The van der Waals surface area contributed by atoms with E-state index in [2.05, 4.69) is 12.1 Å². The molecule has 0 radical (unpaired) electrons. The fourth-order valence-electron chi connectivity index (χ4n) is 1.77. The van der Waals surface area contributed by atoms with Gasteiger partial charge in [-0.05, 0) is 29.9 Å². The third-order valence-electron chi connectivity index (χ3n) is 2.83. The summed E-state index contributed by atoms with van der Waals surface area (Å²) in [6.07, 6.45) is 2.81. The number of carbonyl (C=O) groups excluding carboxylic acids is 1. The predicted octanol–water partition coefficient (Wildman–Crippen LogP) is 1.44. The van der Waals surface area contributed by atoms with Crippen LogP contribution in [0.25, 0.3) is 0 Å². The van der Waals surface area contributed by atoms with Crippen molar-refractivity contribution in [2.75, 3.05) is 0 Å². The Morgan fingerprint density at radius 2 is 1.93 bits per heavy atom. The minimum Gasteiger partial charge on any atom is -0.370 e. The van der Waals surface area contributed by atoms with Crippen LogP contribution >= 0.6 is 0 Å². The van der Waals surface area contributed by atoms with Crippen LogP contribution in [0, 0.1) is 0 Å². The second-order valence-electron chi connectivity index (χ2n) is 4.22. The molecule has 0 heterocycles. The molecule has 0 aliphatic heterocycles. The molecule has 1 atom stereocenters. The first-order chi connectivity index (χ1) is 7.16. The fourth-order valence-corrected chi connectivity index (χ4v) is 1.77. The van der Waals surface area contributed by atoms with Gasteiger partial charge in [-0.2, -0.15) is 0 Å². The monoisotopic (exact) mass is 204 g/mol. The first kappa shape index (κ1) is 10.2. The van der Waals surface area contributed by atoms with E-state index >= 15 is 0 Å². The lowest BCUT2D eigenvalue weighted by Crippen LogP contribution is -2.20. The number of carbonyl (C=O) groups is 1. The summed E-state index contributed by atoms with van der Waals surface area (Å²) in [6.45, 7) is 0. The average molecular weight is 204 g/mol. The van der Waals surface area contributed by atoms with Gasteiger partial charge >= 0.3 is 0 Å². The Kier molecular flexibility index (Phi) is 2.73. The molecule has 1 aliphatic rings. The van der Waals surface area contributed by atoms with Gasteiger partial charge in [0.05, 0.1) is 0 Å². The topological polar surface area (TPSA) is 69.1 Å². The molecule has 3 heteroatoms. The molecule has 4 N–H and O–H groups in total. The van der Waals surface area contributed by atoms with Crippen LogP contribution in [-0.2, 0) is 4.79 Å². The van der Waals surface area contributed by atoms with Crippen molar-refractivity contribution in [1.29, 1.82) is 0 Å². The third-order valence-corrected chi connectivity index (χ3v) is 2.83. The summed E-state index contributed by atoms with van der Waals surface area (Å²) in [7, 11) is 0. The SMILES string of the molecule is NC(=O)C[C@H](N)c1ccc(C2CC2)cc1. The summed E-state index contributed by atoms with van der Waals surface area (Å²) >= 11 is 0. The molecule has 0 saturated heterocycles. The van der Waals surface area contributed by atoms with Crippen molar-refractivity contribution >= 4 is 5.91 Å². The van der Waals surface area contributed by atoms with E-state index in [-0.39, 0.29) is 18.4 Å². The van der Waals surface area contributed by atoms with Crippen molar-refractivity contribution in [2.45, 2.75) is 31.2 Å². The molecule has 1 amide bonds. The van der Waals surface area contributed by atoms with E-state index < -0.39 is 0 Å². The second-order valence-corrected chi connectivity index (χ2v) is 4.22. The number of hydrogen-bond acceptors (Lipinski definition) is 2. The molecule has 1 aromatic rings. The van der Waals surface area contributed by atoms with Crippen LogP contribution in [0.4, 0.5) is 0 Å². The zero-order valence-electron chi connectivity index (χ0n) is 8.65. The van der Waals surface area contributed by atoms with E-state index in [0.29, 0.717) is 0 Å². The van der Waals surface area contributed by atoms with E-state index in [1.807, 2.05) is 12.1 Å². The van der Waals surface area contributed by atoms with Gasteiger partial charge in [0.25, 0.3) is 0 Å². The zero-order chi connectivity index (χ0) is 10.8. The molecule has 15 heavy (non-hydrogen) atoms. The Bertz CT molecular complexity index is 354. The predicted molar refractivity (Wildman–Crippen MR) is 59.2 cm³/mol. The normalized spacial score (nSPS) is 17.4. The van der Waals surface area contributed by atoms with Crippen molar-refractivity contribution in [2.24, 2.45) is 11.5 Å². The largest absolute Gasteiger partial charge is 0.370 e. The van der Waals surface area contributed by atoms with Gasteiger partial charge in [-0.3, -0.25) is 4.79 Å². The summed E-state index contributed by atoms with van der Waals surface area (Å²) in [5.41, 5.74) is 13.3. The summed E-state index contributed by atoms with van der Waals surface area (Å²) in [4.78, 5) is 10.7. The number of benzene rings is 1. The fraction of sp³-hybridized carbons (Fsp3) is 0.417. The maximum atomic E-state index is 10.7. The van der Waals surface area contributed by atoms with Crippen molar-refractivity contribution in [1.82, 2.24) is 0 Å². The number of nitrogens with two attached hydrogens (primary N) is 2. The molecule has 1 fully saturated rings. The van der Waals surface area contributed by atoms with Crippen molar-refractivity contribution < 1.29 is 4.79 Å². The Morgan fingerprint density at radius 1 is 1.33 bits per heavy atom. The molecular weight excluding hydrogens is 188 g/mol. The van der Waals surface area contributed by atoms with E-state index in [4.69, 9.17) is 11.5 Å². The van der Waals surface area contributed by atoms with Crippen LogP contribution in [-0.4, -0.2) is 5.91 Å². The highest BCUT2D eigenvalue weighted by atomic mass is 16.1. The molecule has 3 nitrogen and oxygen atoms in total. The molecule has 1 aliphatic carbocycles. The molecule has 1 saturated carbocycles. The van der Waals surface area contributed by atoms with E-state index in [0.717, 1.165) is 11.5 Å². The number of amides is 1. The maximum absolute atomic E-state index is 10.7. The van der Waals surface area contributed by atoms with Crippen LogP contribution in [0.3, 0.4) is 0 Å². The molecule has 80 valence electrons. The Labute approximate surface area is 89.5 Å². The highest BCUT2D eigenvalue weighted by Gasteiger charge is 2.23. The first-order valence-electron chi connectivity index (χ1n) is 5.30. The standard InChI is InChI=1S/C12H16N2O/c13-11(7-12(14)15)10-5-3-9(4-6-10)8-1-2-8/h3-6,8,11H,1-2,7,13H2,(H2,14,15)/t11-/m0/s1. The van der Waals surface area contributed by atoms with Gasteiger partial charge < -0.3 is 11.5 Å². The summed E-state index contributed by atoms with van der Waals surface area (Å²) in [5.74, 6) is 0.403. The summed E-state index contributed by atoms with van der Waals surface area (Å²) < 4.78 is 0. The van der Waals surface area contributed by atoms with Crippen molar-refractivity contribution in [3.63, 3.8) is 0 Å². The summed E-state index contributed by atoms with van der Waals surface area (Å²) in [5, 5.41) is 0. The molecule has 2 rings (SSSR count). The smallest absolute Gasteiger partial charge is 0.219 e. The Morgan fingerprint density at radius 3 is 2.40 bits per heavy atom. The minimum atomic E-state index is -0.353. The molecule has 0 aromatic heterocycles. The van der Waals surface area contributed by atoms with Crippen molar-refractivity contribution in [3.8, 4) is 0 Å².